The van der Waals surface area contributed by atoms with Crippen LogP contribution in [0.5, 0.6) is 0 Å². The second-order valence-electron chi connectivity index (χ2n) is 5.10. The van der Waals surface area contributed by atoms with E-state index in [2.05, 4.69) is 34.4 Å². The fraction of sp³-hybridized carbons (Fsp3) is 0.312. The SMILES string of the molecule is CO.CO.[CH3][Ge]([CH3])([CH3])[c]1ccc(-c2[c-]cc(F)cc2)nc1.[Ir]. The molecule has 0 fully saturated rings. The van der Waals surface area contributed by atoms with Crippen molar-refractivity contribution in [2.75, 3.05) is 14.2 Å². The smallest absolute Gasteiger partial charge is 0 e. The van der Waals surface area contributed by atoms with E-state index >= 15 is 0 Å². The molecule has 6 heteroatoms. The van der Waals surface area contributed by atoms with Crippen molar-refractivity contribution in [3.63, 3.8) is 0 Å². The van der Waals surface area contributed by atoms with Crippen LogP contribution >= 0.6 is 0 Å². The number of benzene rings is 1. The van der Waals surface area contributed by atoms with Crippen LogP contribution < -0.4 is 4.40 Å². The average Bonchev–Trinajstić information content (AvgIpc) is 2.51. The van der Waals surface area contributed by atoms with Gasteiger partial charge in [0.15, 0.2) is 0 Å². The van der Waals surface area contributed by atoms with Crippen LogP contribution in [-0.4, -0.2) is 42.7 Å². The number of nitrogens with zero attached hydrogens (tertiary/aromatic N) is 1. The Bertz CT molecular complexity index is 513. The average molecular weight is 545 g/mol. The molecule has 0 bridgehead atoms. The summed E-state index contributed by atoms with van der Waals surface area (Å²) >= 11 is -1.79. The van der Waals surface area contributed by atoms with Crippen molar-refractivity contribution in [1.29, 1.82) is 0 Å². The summed E-state index contributed by atoms with van der Waals surface area (Å²) in [5, 5.41) is 14.0. The number of hydrogen-bond acceptors (Lipinski definition) is 3. The van der Waals surface area contributed by atoms with Gasteiger partial charge < -0.3 is 10.2 Å². The summed E-state index contributed by atoms with van der Waals surface area (Å²) in [5.41, 5.74) is 1.68. The van der Waals surface area contributed by atoms with Crippen molar-refractivity contribution in [1.82, 2.24) is 4.98 Å². The number of aromatic nitrogens is 1. The molecule has 3 nitrogen and oxygen atoms in total. The van der Waals surface area contributed by atoms with E-state index in [0.29, 0.717) is 0 Å². The Morgan fingerprint density at radius 3 is 1.95 bits per heavy atom. The Labute approximate surface area is 148 Å². The Balaban J connectivity index is 0. The molecule has 0 aliphatic carbocycles. The Hall–Kier alpha value is -0.588. The zero-order chi connectivity index (χ0) is 16.5. The molecule has 0 saturated carbocycles. The second kappa shape index (κ2) is 11.9. The number of hydrogen-bond donors (Lipinski definition) is 2. The fourth-order valence-electron chi connectivity index (χ4n) is 1.56. The molecule has 0 saturated heterocycles. The summed E-state index contributed by atoms with van der Waals surface area (Å²) in [4.78, 5) is 4.44. The Kier molecular flexibility index (Phi) is 12.8. The standard InChI is InChI=1S/C14H15FGeN.2CH4O.Ir/c1-16(2,3)13-8-9-14(17-10-13)11-4-6-12(15)7-5-11;2*1-2;/h4,6-10H,1-3H3;2*2H,1H3;/q-1;;;. The maximum atomic E-state index is 12.8. The summed E-state index contributed by atoms with van der Waals surface area (Å²) in [7, 11) is 2.00. The summed E-state index contributed by atoms with van der Waals surface area (Å²) in [6.07, 6.45) is 1.95. The minimum atomic E-state index is -1.79. The predicted octanol–water partition coefficient (Wildman–Crippen LogP) is 2.45. The largest absolute Gasteiger partial charge is 0 e. The van der Waals surface area contributed by atoms with E-state index < -0.39 is 13.3 Å². The van der Waals surface area contributed by atoms with Crippen LogP contribution in [0, 0.1) is 11.9 Å². The number of pyridine rings is 1. The molecule has 1 aromatic carbocycles. The van der Waals surface area contributed by atoms with E-state index in [9.17, 15) is 4.39 Å². The van der Waals surface area contributed by atoms with Crippen molar-refractivity contribution in [2.45, 2.75) is 17.3 Å². The van der Waals surface area contributed by atoms with Gasteiger partial charge in [0.05, 0.1) is 0 Å². The quantitative estimate of drug-likeness (QED) is 0.451. The molecular formula is C16H23FGeIrNO2-. The molecule has 0 spiro atoms. The van der Waals surface area contributed by atoms with E-state index in [1.54, 1.807) is 6.07 Å². The van der Waals surface area contributed by atoms with Crippen molar-refractivity contribution >= 4 is 17.7 Å². The molecule has 0 amide bonds. The molecule has 22 heavy (non-hydrogen) atoms. The van der Waals surface area contributed by atoms with Gasteiger partial charge in [-0.1, -0.05) is 0 Å². The van der Waals surface area contributed by atoms with Crippen molar-refractivity contribution in [3.05, 3.63) is 48.4 Å². The van der Waals surface area contributed by atoms with Crippen molar-refractivity contribution in [3.8, 4) is 11.3 Å². The Morgan fingerprint density at radius 1 is 1.00 bits per heavy atom. The number of rotatable bonds is 2. The third-order valence-corrected chi connectivity index (χ3v) is 6.93. The van der Waals surface area contributed by atoms with Gasteiger partial charge in [-0.3, -0.25) is 0 Å². The molecule has 0 aliphatic rings. The van der Waals surface area contributed by atoms with Gasteiger partial charge in [0.25, 0.3) is 0 Å². The van der Waals surface area contributed by atoms with Crippen LogP contribution in [0.3, 0.4) is 0 Å². The van der Waals surface area contributed by atoms with E-state index in [4.69, 9.17) is 10.2 Å². The first-order valence-electron chi connectivity index (χ1n) is 6.50. The van der Waals surface area contributed by atoms with Crippen LogP contribution in [0.2, 0.25) is 17.3 Å². The molecule has 0 atom stereocenters. The molecule has 0 aliphatic heterocycles. The third-order valence-electron chi connectivity index (χ3n) is 2.68. The van der Waals surface area contributed by atoms with Gasteiger partial charge in [-0.05, 0) is 0 Å². The zero-order valence-electron chi connectivity index (χ0n) is 13.5. The topological polar surface area (TPSA) is 53.4 Å². The molecule has 2 N–H and O–H groups in total. The van der Waals surface area contributed by atoms with Crippen LogP contribution in [0.1, 0.15) is 0 Å². The number of aliphatic hydroxyl groups excluding tert-OH is 2. The van der Waals surface area contributed by atoms with Gasteiger partial charge in [-0.25, -0.2) is 0 Å². The van der Waals surface area contributed by atoms with Gasteiger partial charge in [0.1, 0.15) is 0 Å². The number of halogens is 1. The summed E-state index contributed by atoms with van der Waals surface area (Å²) in [5.74, 6) is 6.73. The molecule has 125 valence electrons. The summed E-state index contributed by atoms with van der Waals surface area (Å²) in [6, 6.07) is 11.5. The summed E-state index contributed by atoms with van der Waals surface area (Å²) in [6.45, 7) is 0. The number of aliphatic hydroxyl groups is 2. The Morgan fingerprint density at radius 2 is 1.59 bits per heavy atom. The maximum absolute atomic E-state index is 12.8. The van der Waals surface area contributed by atoms with Gasteiger partial charge in [-0.15, -0.1) is 0 Å². The van der Waals surface area contributed by atoms with Crippen LogP contribution in [0.15, 0.2) is 36.5 Å². The zero-order valence-corrected chi connectivity index (χ0v) is 18.0. The van der Waals surface area contributed by atoms with E-state index in [1.807, 2.05) is 12.3 Å². The molecular weight excluding hydrogens is 522 g/mol. The predicted molar refractivity (Wildman–Crippen MR) is 87.7 cm³/mol. The van der Waals surface area contributed by atoms with Gasteiger partial charge in [0.2, 0.25) is 0 Å². The first-order valence-corrected chi connectivity index (χ1v) is 13.8. The van der Waals surface area contributed by atoms with Gasteiger partial charge in [-0.2, -0.15) is 0 Å². The molecule has 1 aromatic heterocycles. The molecule has 1 heterocycles. The maximum Gasteiger partial charge on any atom is 0 e. The second-order valence-corrected chi connectivity index (χ2v) is 15.8. The van der Waals surface area contributed by atoms with Crippen molar-refractivity contribution in [2.24, 2.45) is 0 Å². The molecule has 1 radical (unpaired) electrons. The third kappa shape index (κ3) is 7.61. The van der Waals surface area contributed by atoms with E-state index in [-0.39, 0.29) is 25.9 Å². The normalized spacial score (nSPS) is 9.45. The van der Waals surface area contributed by atoms with E-state index in [1.165, 1.54) is 16.5 Å². The fourth-order valence-corrected chi connectivity index (χ4v) is 3.73. The van der Waals surface area contributed by atoms with Crippen LogP contribution in [0.25, 0.3) is 11.3 Å². The van der Waals surface area contributed by atoms with Crippen LogP contribution in [-0.2, 0) is 20.1 Å². The monoisotopic (exact) mass is 547 g/mol. The van der Waals surface area contributed by atoms with E-state index in [0.717, 1.165) is 25.5 Å². The summed E-state index contributed by atoms with van der Waals surface area (Å²) < 4.78 is 14.1. The minimum Gasteiger partial charge on any atom is 0 e. The first kappa shape index (κ1) is 23.7. The van der Waals surface area contributed by atoms with Gasteiger partial charge >= 0.3 is 104 Å². The molecule has 0 unspecified atom stereocenters. The molecule has 2 rings (SSSR count). The van der Waals surface area contributed by atoms with Gasteiger partial charge in [0, 0.05) is 34.3 Å². The minimum absolute atomic E-state index is 0. The first-order chi connectivity index (χ1) is 9.97. The van der Waals surface area contributed by atoms with Crippen molar-refractivity contribution < 1.29 is 34.7 Å². The molecule has 2 aromatic rings. The van der Waals surface area contributed by atoms with Crippen LogP contribution in [0.4, 0.5) is 4.39 Å².